The van der Waals surface area contributed by atoms with Crippen LogP contribution in [0.1, 0.15) is 25.7 Å². The van der Waals surface area contributed by atoms with Crippen LogP contribution in [0.15, 0.2) is 23.3 Å². The minimum atomic E-state index is 0. The van der Waals surface area contributed by atoms with E-state index in [2.05, 4.69) is 18.2 Å². The predicted octanol–water partition coefficient (Wildman–Crippen LogP) is 3.24. The van der Waals surface area contributed by atoms with Crippen molar-refractivity contribution in [2.75, 3.05) is 0 Å². The molecule has 0 saturated heterocycles. The molecule has 1 aliphatic carbocycles. The molecule has 0 N–H and O–H groups in total. The van der Waals surface area contributed by atoms with Gasteiger partial charge in [-0.25, -0.2) is 0 Å². The van der Waals surface area contributed by atoms with Crippen molar-refractivity contribution in [1.82, 2.24) is 0 Å². The summed E-state index contributed by atoms with van der Waals surface area (Å²) in [6, 6.07) is 0. The fraction of sp³-hybridized carbons (Fsp3) is 0.500. The molecular formula is C8H11ClIr+3. The summed E-state index contributed by atoms with van der Waals surface area (Å²) in [5.41, 5.74) is 0. The van der Waals surface area contributed by atoms with Crippen LogP contribution in [0.3, 0.4) is 0 Å². The maximum atomic E-state index is 5.82. The molecule has 0 spiro atoms. The molecule has 0 fully saturated rings. The average molecular weight is 335 g/mol. The van der Waals surface area contributed by atoms with Gasteiger partial charge < -0.3 is 0 Å². The van der Waals surface area contributed by atoms with Gasteiger partial charge in [0, 0.05) is 5.03 Å². The smallest absolute Gasteiger partial charge is 0.0895 e. The number of hydrogen-bond donors (Lipinski definition) is 0. The second-order valence-electron chi connectivity index (χ2n) is 2.24. The van der Waals surface area contributed by atoms with E-state index in [0.29, 0.717) is 0 Å². The van der Waals surface area contributed by atoms with Gasteiger partial charge in [0.05, 0.1) is 0 Å². The first kappa shape index (κ1) is 10.4. The molecule has 10 heavy (non-hydrogen) atoms. The molecule has 0 saturated carbocycles. The summed E-state index contributed by atoms with van der Waals surface area (Å²) in [5, 5.41) is 1.03. The third kappa shape index (κ3) is 4.27. The Kier molecular flexibility index (Phi) is 6.41. The molecular weight excluding hydrogens is 324 g/mol. The Morgan fingerprint density at radius 2 is 1.80 bits per heavy atom. The van der Waals surface area contributed by atoms with Crippen LogP contribution < -0.4 is 0 Å². The number of halogens is 1. The Bertz CT molecular complexity index is 138. The van der Waals surface area contributed by atoms with Gasteiger partial charge in [-0.15, -0.1) is 0 Å². The van der Waals surface area contributed by atoms with Crippen LogP contribution in [0.5, 0.6) is 0 Å². The third-order valence-electron chi connectivity index (χ3n) is 1.42. The van der Waals surface area contributed by atoms with Crippen molar-refractivity contribution in [3.63, 3.8) is 0 Å². The minimum Gasteiger partial charge on any atom is -0.0895 e. The molecule has 0 heterocycles. The van der Waals surface area contributed by atoms with Crippen LogP contribution in [0.4, 0.5) is 0 Å². The molecule has 1 aliphatic rings. The quantitative estimate of drug-likeness (QED) is 0.597. The summed E-state index contributed by atoms with van der Waals surface area (Å²) in [5.74, 6) is 0. The van der Waals surface area contributed by atoms with E-state index in [4.69, 9.17) is 11.6 Å². The first-order valence-corrected chi connectivity index (χ1v) is 3.77. The molecule has 0 unspecified atom stereocenters. The summed E-state index contributed by atoms with van der Waals surface area (Å²) in [7, 11) is 0. The van der Waals surface area contributed by atoms with Gasteiger partial charge in [-0.3, -0.25) is 0 Å². The van der Waals surface area contributed by atoms with Gasteiger partial charge in [-0.05, 0) is 25.7 Å². The Morgan fingerprint density at radius 1 is 1.10 bits per heavy atom. The van der Waals surface area contributed by atoms with Crippen LogP contribution in [0, 0.1) is 0 Å². The Hall–Kier alpha value is 0.419. The first-order valence-electron chi connectivity index (χ1n) is 3.39. The molecule has 0 aromatic heterocycles. The summed E-state index contributed by atoms with van der Waals surface area (Å²) in [6.07, 6.45) is 10.9. The zero-order valence-corrected chi connectivity index (χ0v) is 8.92. The largest absolute Gasteiger partial charge is 3.00 e. The van der Waals surface area contributed by atoms with Crippen LogP contribution in [0.2, 0.25) is 0 Å². The van der Waals surface area contributed by atoms with Crippen LogP contribution in [0.25, 0.3) is 0 Å². The molecule has 0 nitrogen and oxygen atoms in total. The maximum Gasteiger partial charge on any atom is 3.00 e. The van der Waals surface area contributed by atoms with Crippen LogP contribution in [-0.4, -0.2) is 0 Å². The fourth-order valence-electron chi connectivity index (χ4n) is 0.895. The summed E-state index contributed by atoms with van der Waals surface area (Å²) < 4.78 is 0. The van der Waals surface area contributed by atoms with Crippen LogP contribution >= 0.6 is 11.6 Å². The molecule has 1 rings (SSSR count). The monoisotopic (exact) mass is 335 g/mol. The van der Waals surface area contributed by atoms with Gasteiger partial charge in [-0.2, -0.15) is 0 Å². The van der Waals surface area contributed by atoms with E-state index in [0.717, 1.165) is 30.7 Å². The van der Waals surface area contributed by atoms with Gasteiger partial charge in [0.1, 0.15) is 0 Å². The molecule has 0 atom stereocenters. The zero-order valence-electron chi connectivity index (χ0n) is 5.77. The van der Waals surface area contributed by atoms with Crippen molar-refractivity contribution in [3.05, 3.63) is 23.3 Å². The Balaban J connectivity index is 0.000000810. The Morgan fingerprint density at radius 3 is 2.60 bits per heavy atom. The molecule has 0 bridgehead atoms. The van der Waals surface area contributed by atoms with Crippen molar-refractivity contribution in [1.29, 1.82) is 0 Å². The van der Waals surface area contributed by atoms with Crippen molar-refractivity contribution >= 4 is 11.6 Å². The van der Waals surface area contributed by atoms with Gasteiger partial charge in [0.15, 0.2) is 0 Å². The van der Waals surface area contributed by atoms with Gasteiger partial charge in [0.2, 0.25) is 0 Å². The van der Waals surface area contributed by atoms with E-state index in [1.165, 1.54) is 0 Å². The summed E-state index contributed by atoms with van der Waals surface area (Å²) in [4.78, 5) is 0. The van der Waals surface area contributed by atoms with E-state index >= 15 is 0 Å². The fourth-order valence-corrected chi connectivity index (χ4v) is 1.11. The third-order valence-corrected chi connectivity index (χ3v) is 1.76. The molecule has 0 amide bonds. The SMILES string of the molecule is Cl/C1=C/CC/C=C\CC1.[Ir+3]. The minimum absolute atomic E-state index is 0. The van der Waals surface area contributed by atoms with Crippen molar-refractivity contribution < 1.29 is 20.1 Å². The van der Waals surface area contributed by atoms with E-state index in [1.807, 2.05) is 0 Å². The summed E-state index contributed by atoms with van der Waals surface area (Å²) in [6.45, 7) is 0. The van der Waals surface area contributed by atoms with Gasteiger partial charge in [0.25, 0.3) is 0 Å². The molecule has 0 aliphatic heterocycles. The second kappa shape index (κ2) is 6.15. The number of allylic oxidation sites excluding steroid dienone is 4. The average Bonchev–Trinajstić information content (AvgIpc) is 1.79. The topological polar surface area (TPSA) is 0 Å². The summed E-state index contributed by atoms with van der Waals surface area (Å²) >= 11 is 5.82. The van der Waals surface area contributed by atoms with Crippen LogP contribution in [-0.2, 0) is 20.1 Å². The predicted molar refractivity (Wildman–Crippen MR) is 41.5 cm³/mol. The first-order chi connectivity index (χ1) is 4.39. The zero-order chi connectivity index (χ0) is 6.53. The van der Waals surface area contributed by atoms with E-state index in [-0.39, 0.29) is 20.1 Å². The molecule has 0 radical (unpaired) electrons. The Labute approximate surface area is 80.7 Å². The van der Waals surface area contributed by atoms with Gasteiger partial charge >= 0.3 is 20.1 Å². The molecule has 0 aromatic carbocycles. The van der Waals surface area contributed by atoms with Crippen molar-refractivity contribution in [2.45, 2.75) is 25.7 Å². The molecule has 56 valence electrons. The van der Waals surface area contributed by atoms with E-state index in [1.54, 1.807) is 0 Å². The van der Waals surface area contributed by atoms with E-state index < -0.39 is 0 Å². The number of rotatable bonds is 0. The maximum absolute atomic E-state index is 5.82. The molecule has 2 heteroatoms. The van der Waals surface area contributed by atoms with Gasteiger partial charge in [-0.1, -0.05) is 29.8 Å². The normalized spacial score (nSPS) is 26.7. The standard InChI is InChI=1S/C8H11Cl.Ir/c9-8-6-4-2-1-3-5-7-8;/h1-2,7H,3-6H2;/q;+3/b2-1-,8-7+;. The van der Waals surface area contributed by atoms with Crippen molar-refractivity contribution in [3.8, 4) is 0 Å². The van der Waals surface area contributed by atoms with E-state index in [9.17, 15) is 0 Å². The number of hydrogen-bond acceptors (Lipinski definition) is 0. The molecule has 0 aromatic rings. The second-order valence-corrected chi connectivity index (χ2v) is 2.72. The van der Waals surface area contributed by atoms with Crippen molar-refractivity contribution in [2.24, 2.45) is 0 Å².